The summed E-state index contributed by atoms with van der Waals surface area (Å²) < 4.78 is 1.93. The number of benzene rings is 1. The van der Waals surface area contributed by atoms with Gasteiger partial charge in [0, 0.05) is 25.4 Å². The predicted molar refractivity (Wildman–Crippen MR) is 84.6 cm³/mol. The molecule has 3 heteroatoms. The molecule has 20 heavy (non-hydrogen) atoms. The van der Waals surface area contributed by atoms with Gasteiger partial charge in [-0.1, -0.05) is 44.5 Å². The van der Waals surface area contributed by atoms with Crippen molar-refractivity contribution >= 4 is 0 Å². The predicted octanol–water partition coefficient (Wildman–Crippen LogP) is 3.54. The Hall–Kier alpha value is -1.61. The van der Waals surface area contributed by atoms with Crippen LogP contribution in [0.25, 0.3) is 11.1 Å². The summed E-state index contributed by atoms with van der Waals surface area (Å²) in [5, 5.41) is 8.10. The first-order valence-electron chi connectivity index (χ1n) is 7.57. The Morgan fingerprint density at radius 1 is 1.10 bits per heavy atom. The fourth-order valence-electron chi connectivity index (χ4n) is 2.52. The highest BCUT2D eigenvalue weighted by atomic mass is 15.2. The lowest BCUT2D eigenvalue weighted by Crippen LogP contribution is -2.14. The molecule has 0 radical (unpaired) electrons. The van der Waals surface area contributed by atoms with Gasteiger partial charge in [-0.2, -0.15) is 5.10 Å². The molecule has 3 nitrogen and oxygen atoms in total. The second-order valence-corrected chi connectivity index (χ2v) is 5.25. The van der Waals surface area contributed by atoms with Crippen molar-refractivity contribution in [2.45, 2.75) is 39.7 Å². The van der Waals surface area contributed by atoms with Crippen molar-refractivity contribution in [1.29, 1.82) is 0 Å². The smallest absolute Gasteiger partial charge is 0.0702 e. The quantitative estimate of drug-likeness (QED) is 0.781. The summed E-state index contributed by atoms with van der Waals surface area (Å²) >= 11 is 0. The van der Waals surface area contributed by atoms with Crippen LogP contribution >= 0.6 is 0 Å². The van der Waals surface area contributed by atoms with E-state index in [2.05, 4.69) is 54.7 Å². The third-order valence-electron chi connectivity index (χ3n) is 3.44. The molecule has 0 aliphatic rings. The lowest BCUT2D eigenvalue weighted by atomic mass is 9.98. The number of hydrogen-bond donors (Lipinski definition) is 1. The van der Waals surface area contributed by atoms with E-state index in [9.17, 15) is 0 Å². The summed E-state index contributed by atoms with van der Waals surface area (Å²) in [5.74, 6) is 0. The second-order valence-electron chi connectivity index (χ2n) is 5.25. The van der Waals surface area contributed by atoms with Gasteiger partial charge in [-0.15, -0.1) is 0 Å². The van der Waals surface area contributed by atoms with Gasteiger partial charge in [-0.05, 0) is 30.5 Å². The minimum atomic E-state index is 0.921. The molecule has 0 saturated carbocycles. The molecule has 1 N–H and O–H groups in total. The fourth-order valence-corrected chi connectivity index (χ4v) is 2.52. The van der Waals surface area contributed by atoms with Crippen LogP contribution in [-0.2, 0) is 20.0 Å². The van der Waals surface area contributed by atoms with Gasteiger partial charge in [0.05, 0.1) is 5.69 Å². The number of hydrogen-bond acceptors (Lipinski definition) is 2. The first-order valence-corrected chi connectivity index (χ1v) is 7.57. The van der Waals surface area contributed by atoms with Crippen LogP contribution in [0.2, 0.25) is 0 Å². The Morgan fingerprint density at radius 2 is 1.90 bits per heavy atom. The van der Waals surface area contributed by atoms with Crippen LogP contribution in [0.1, 0.15) is 37.9 Å². The van der Waals surface area contributed by atoms with Crippen LogP contribution < -0.4 is 5.32 Å². The van der Waals surface area contributed by atoms with E-state index in [1.807, 2.05) is 11.7 Å². The Balaban J connectivity index is 2.31. The van der Waals surface area contributed by atoms with Crippen LogP contribution in [0.4, 0.5) is 0 Å². The van der Waals surface area contributed by atoms with E-state index in [-0.39, 0.29) is 0 Å². The molecule has 0 amide bonds. The summed E-state index contributed by atoms with van der Waals surface area (Å²) in [6.45, 7) is 6.38. The average Bonchev–Trinajstić information content (AvgIpc) is 2.81. The van der Waals surface area contributed by atoms with Gasteiger partial charge in [0.15, 0.2) is 0 Å². The van der Waals surface area contributed by atoms with E-state index in [0.717, 1.165) is 32.4 Å². The van der Waals surface area contributed by atoms with E-state index in [1.54, 1.807) is 0 Å². The molecule has 0 atom stereocenters. The topological polar surface area (TPSA) is 29.9 Å². The highest BCUT2D eigenvalue weighted by Crippen LogP contribution is 2.27. The van der Waals surface area contributed by atoms with Gasteiger partial charge < -0.3 is 5.32 Å². The first kappa shape index (κ1) is 14.8. The van der Waals surface area contributed by atoms with Crippen molar-refractivity contribution in [3.05, 3.63) is 41.7 Å². The van der Waals surface area contributed by atoms with Crippen molar-refractivity contribution in [2.75, 3.05) is 6.54 Å². The molecule has 108 valence electrons. The Kier molecular flexibility index (Phi) is 5.36. The second kappa shape index (κ2) is 7.25. The summed E-state index contributed by atoms with van der Waals surface area (Å²) in [5.41, 5.74) is 5.15. The third kappa shape index (κ3) is 3.48. The van der Waals surface area contributed by atoms with E-state index < -0.39 is 0 Å². The Labute approximate surface area is 122 Å². The Bertz CT molecular complexity index is 543. The van der Waals surface area contributed by atoms with Crippen molar-refractivity contribution in [3.63, 3.8) is 0 Å². The molecule has 0 bridgehead atoms. The Morgan fingerprint density at radius 3 is 2.65 bits per heavy atom. The maximum Gasteiger partial charge on any atom is 0.0702 e. The SMILES string of the molecule is CCCNCc1ccccc1-c1cn(C)nc1CCC. The monoisotopic (exact) mass is 271 g/mol. The van der Waals surface area contributed by atoms with Crippen LogP contribution in [-0.4, -0.2) is 16.3 Å². The van der Waals surface area contributed by atoms with Gasteiger partial charge in [0.1, 0.15) is 0 Å². The molecule has 0 spiro atoms. The lowest BCUT2D eigenvalue weighted by molar-refractivity contribution is 0.676. The molecule has 0 aliphatic heterocycles. The zero-order valence-electron chi connectivity index (χ0n) is 12.8. The van der Waals surface area contributed by atoms with Gasteiger partial charge in [-0.3, -0.25) is 4.68 Å². The van der Waals surface area contributed by atoms with Crippen LogP contribution in [0, 0.1) is 0 Å². The van der Waals surface area contributed by atoms with Crippen molar-refractivity contribution in [1.82, 2.24) is 15.1 Å². The van der Waals surface area contributed by atoms with Crippen molar-refractivity contribution in [3.8, 4) is 11.1 Å². The summed E-state index contributed by atoms with van der Waals surface area (Å²) in [7, 11) is 2.00. The van der Waals surface area contributed by atoms with Crippen molar-refractivity contribution in [2.24, 2.45) is 7.05 Å². The van der Waals surface area contributed by atoms with Gasteiger partial charge in [0.2, 0.25) is 0 Å². The molecule has 2 rings (SSSR count). The number of nitrogens with zero attached hydrogens (tertiary/aromatic N) is 2. The molecule has 0 saturated heterocycles. The maximum absolute atomic E-state index is 4.61. The van der Waals surface area contributed by atoms with E-state index in [4.69, 9.17) is 0 Å². The largest absolute Gasteiger partial charge is 0.313 e. The zero-order chi connectivity index (χ0) is 14.4. The number of rotatable bonds is 7. The molecule has 1 heterocycles. The number of aromatic nitrogens is 2. The normalized spacial score (nSPS) is 10.9. The molecule has 0 aliphatic carbocycles. The van der Waals surface area contributed by atoms with Gasteiger partial charge >= 0.3 is 0 Å². The summed E-state index contributed by atoms with van der Waals surface area (Å²) in [6.07, 6.45) is 5.47. The lowest BCUT2D eigenvalue weighted by Gasteiger charge is -2.10. The maximum atomic E-state index is 4.61. The fraction of sp³-hybridized carbons (Fsp3) is 0.471. The standard InChI is InChI=1S/C17H25N3/c1-4-8-17-16(13-20(3)19-17)15-10-7-6-9-14(15)12-18-11-5-2/h6-7,9-10,13,18H,4-5,8,11-12H2,1-3H3. The van der Waals surface area contributed by atoms with E-state index in [1.165, 1.54) is 22.4 Å². The third-order valence-corrected chi connectivity index (χ3v) is 3.44. The highest BCUT2D eigenvalue weighted by Gasteiger charge is 2.12. The van der Waals surface area contributed by atoms with Crippen LogP contribution in [0.15, 0.2) is 30.5 Å². The minimum Gasteiger partial charge on any atom is -0.313 e. The van der Waals surface area contributed by atoms with Crippen LogP contribution in [0.3, 0.4) is 0 Å². The number of aryl methyl sites for hydroxylation is 2. The molecule has 2 aromatic rings. The van der Waals surface area contributed by atoms with Gasteiger partial charge in [-0.25, -0.2) is 0 Å². The van der Waals surface area contributed by atoms with Crippen molar-refractivity contribution < 1.29 is 0 Å². The molecule has 0 unspecified atom stereocenters. The molecule has 1 aromatic heterocycles. The molecule has 0 fully saturated rings. The molecule has 1 aromatic carbocycles. The minimum absolute atomic E-state index is 0.921. The van der Waals surface area contributed by atoms with E-state index in [0.29, 0.717) is 0 Å². The number of nitrogens with one attached hydrogen (secondary N) is 1. The zero-order valence-corrected chi connectivity index (χ0v) is 12.8. The van der Waals surface area contributed by atoms with Gasteiger partial charge in [0.25, 0.3) is 0 Å². The first-order chi connectivity index (χ1) is 9.76. The molecular formula is C17H25N3. The summed E-state index contributed by atoms with van der Waals surface area (Å²) in [4.78, 5) is 0. The van der Waals surface area contributed by atoms with E-state index >= 15 is 0 Å². The van der Waals surface area contributed by atoms with Crippen LogP contribution in [0.5, 0.6) is 0 Å². The highest BCUT2D eigenvalue weighted by molar-refractivity contribution is 5.69. The average molecular weight is 271 g/mol. The molecular weight excluding hydrogens is 246 g/mol. The summed E-state index contributed by atoms with van der Waals surface area (Å²) in [6, 6.07) is 8.64.